The summed E-state index contributed by atoms with van der Waals surface area (Å²) in [5.41, 5.74) is 2.42. The van der Waals surface area contributed by atoms with Gasteiger partial charge in [-0.2, -0.15) is 0 Å². The number of benzene rings is 1. The largest absolute Gasteiger partial charge is 0.378 e. The normalized spacial score (nSPS) is 14.0. The van der Waals surface area contributed by atoms with Gasteiger partial charge >= 0.3 is 0 Å². The van der Waals surface area contributed by atoms with Gasteiger partial charge in [0.25, 0.3) is 12.3 Å². The second-order valence-corrected chi connectivity index (χ2v) is 5.62. The zero-order valence-electron chi connectivity index (χ0n) is 10.9. The number of carbonyl (C=O) groups excluding carboxylic acids is 1. The van der Waals surface area contributed by atoms with Gasteiger partial charge in [-0.3, -0.25) is 4.79 Å². The van der Waals surface area contributed by atoms with Crippen molar-refractivity contribution in [1.82, 2.24) is 15.5 Å². The van der Waals surface area contributed by atoms with E-state index in [0.717, 1.165) is 29.0 Å². The highest BCUT2D eigenvalue weighted by Gasteiger charge is 2.19. The molecule has 0 fully saturated rings. The minimum atomic E-state index is -2.59. The van der Waals surface area contributed by atoms with Crippen molar-refractivity contribution in [2.24, 2.45) is 0 Å². The minimum Gasteiger partial charge on any atom is -0.378 e. The van der Waals surface area contributed by atoms with Crippen LogP contribution in [0.2, 0.25) is 0 Å². The molecular weight excluding hydrogens is 298 g/mol. The van der Waals surface area contributed by atoms with Crippen LogP contribution in [0.1, 0.15) is 32.4 Å². The number of rotatable bonds is 4. The SMILES string of the molecule is O=C1NCCc2c(NCc3nnc(C(F)F)s3)cccc21. The highest BCUT2D eigenvalue weighted by molar-refractivity contribution is 7.11. The second kappa shape index (κ2) is 5.72. The van der Waals surface area contributed by atoms with Gasteiger partial charge in [-0.1, -0.05) is 17.4 Å². The van der Waals surface area contributed by atoms with E-state index in [-0.39, 0.29) is 10.9 Å². The van der Waals surface area contributed by atoms with E-state index in [9.17, 15) is 13.6 Å². The van der Waals surface area contributed by atoms with Crippen molar-refractivity contribution in [3.63, 3.8) is 0 Å². The van der Waals surface area contributed by atoms with Crippen LogP contribution < -0.4 is 10.6 Å². The molecule has 1 aromatic carbocycles. The van der Waals surface area contributed by atoms with Crippen LogP contribution in [0.5, 0.6) is 0 Å². The Morgan fingerprint density at radius 3 is 3.00 bits per heavy atom. The highest BCUT2D eigenvalue weighted by Crippen LogP contribution is 2.25. The fourth-order valence-electron chi connectivity index (χ4n) is 2.23. The van der Waals surface area contributed by atoms with Gasteiger partial charge in [0.15, 0.2) is 5.01 Å². The number of halogens is 2. The van der Waals surface area contributed by atoms with Gasteiger partial charge in [0, 0.05) is 17.8 Å². The number of hydrogen-bond donors (Lipinski definition) is 2. The Labute approximate surface area is 123 Å². The number of nitrogens with zero attached hydrogens (tertiary/aromatic N) is 2. The summed E-state index contributed by atoms with van der Waals surface area (Å²) < 4.78 is 24.9. The number of anilines is 1. The third-order valence-electron chi connectivity index (χ3n) is 3.18. The van der Waals surface area contributed by atoms with Crippen LogP contribution >= 0.6 is 11.3 Å². The van der Waals surface area contributed by atoms with Crippen molar-refractivity contribution in [3.8, 4) is 0 Å². The van der Waals surface area contributed by atoms with Crippen molar-refractivity contribution in [1.29, 1.82) is 0 Å². The lowest BCUT2D eigenvalue weighted by atomic mass is 9.98. The molecule has 5 nitrogen and oxygen atoms in total. The Hall–Kier alpha value is -2.09. The molecule has 0 saturated heterocycles. The van der Waals surface area contributed by atoms with Crippen molar-refractivity contribution in [2.45, 2.75) is 19.4 Å². The van der Waals surface area contributed by atoms with Gasteiger partial charge in [-0.05, 0) is 24.1 Å². The van der Waals surface area contributed by atoms with Crippen molar-refractivity contribution < 1.29 is 13.6 Å². The number of fused-ring (bicyclic) bond motifs is 1. The van der Waals surface area contributed by atoms with E-state index < -0.39 is 6.43 Å². The van der Waals surface area contributed by atoms with Crippen LogP contribution in [0.3, 0.4) is 0 Å². The number of aromatic nitrogens is 2. The smallest absolute Gasteiger partial charge is 0.291 e. The Morgan fingerprint density at radius 2 is 2.24 bits per heavy atom. The van der Waals surface area contributed by atoms with Gasteiger partial charge in [-0.15, -0.1) is 10.2 Å². The summed E-state index contributed by atoms with van der Waals surface area (Å²) in [4.78, 5) is 11.7. The number of alkyl halides is 2. The molecule has 2 heterocycles. The molecule has 0 spiro atoms. The zero-order valence-corrected chi connectivity index (χ0v) is 11.7. The number of hydrogen-bond acceptors (Lipinski definition) is 5. The summed E-state index contributed by atoms with van der Waals surface area (Å²) in [5, 5.41) is 13.3. The first kappa shape index (κ1) is 13.9. The monoisotopic (exact) mass is 310 g/mol. The van der Waals surface area contributed by atoms with Crippen LogP contribution in [-0.2, 0) is 13.0 Å². The third-order valence-corrected chi connectivity index (χ3v) is 4.11. The quantitative estimate of drug-likeness (QED) is 0.910. The molecule has 0 saturated carbocycles. The van der Waals surface area contributed by atoms with E-state index in [2.05, 4.69) is 20.8 Å². The maximum absolute atomic E-state index is 12.5. The first-order valence-corrected chi connectivity index (χ1v) is 7.21. The van der Waals surface area contributed by atoms with Crippen LogP contribution in [0.15, 0.2) is 18.2 Å². The summed E-state index contributed by atoms with van der Waals surface area (Å²) in [6, 6.07) is 5.43. The number of amides is 1. The lowest BCUT2D eigenvalue weighted by Crippen LogP contribution is -2.32. The van der Waals surface area contributed by atoms with E-state index >= 15 is 0 Å². The van der Waals surface area contributed by atoms with Crippen LogP contribution in [0, 0.1) is 0 Å². The van der Waals surface area contributed by atoms with Gasteiger partial charge in [0.2, 0.25) is 0 Å². The van der Waals surface area contributed by atoms with E-state index in [1.54, 1.807) is 12.1 Å². The minimum absolute atomic E-state index is 0.0872. The molecule has 0 radical (unpaired) electrons. The van der Waals surface area contributed by atoms with Gasteiger partial charge in [0.1, 0.15) is 5.01 Å². The average molecular weight is 310 g/mol. The molecule has 1 aliphatic heterocycles. The summed E-state index contributed by atoms with van der Waals surface area (Å²) in [5.74, 6) is -0.0872. The van der Waals surface area contributed by atoms with E-state index in [4.69, 9.17) is 0 Å². The van der Waals surface area contributed by atoms with Gasteiger partial charge < -0.3 is 10.6 Å². The molecule has 1 aliphatic rings. The molecule has 0 bridgehead atoms. The summed E-state index contributed by atoms with van der Waals surface area (Å²) in [7, 11) is 0. The Bertz CT molecular complexity index is 674. The molecule has 0 unspecified atom stereocenters. The van der Waals surface area contributed by atoms with E-state index in [1.807, 2.05) is 6.07 Å². The molecule has 2 N–H and O–H groups in total. The van der Waals surface area contributed by atoms with Crippen LogP contribution in [-0.4, -0.2) is 22.6 Å². The summed E-state index contributed by atoms with van der Waals surface area (Å²) >= 11 is 0.884. The number of carbonyl (C=O) groups is 1. The van der Waals surface area contributed by atoms with Crippen molar-refractivity contribution in [3.05, 3.63) is 39.3 Å². The molecule has 8 heteroatoms. The van der Waals surface area contributed by atoms with Crippen molar-refractivity contribution in [2.75, 3.05) is 11.9 Å². The average Bonchev–Trinajstić information content (AvgIpc) is 2.95. The second-order valence-electron chi connectivity index (χ2n) is 4.53. The van der Waals surface area contributed by atoms with Crippen molar-refractivity contribution >= 4 is 22.9 Å². The first-order chi connectivity index (χ1) is 10.1. The Balaban J connectivity index is 1.76. The lowest BCUT2D eigenvalue weighted by molar-refractivity contribution is 0.0946. The van der Waals surface area contributed by atoms with Crippen LogP contribution in [0.25, 0.3) is 0 Å². The molecule has 1 amide bonds. The molecule has 1 aromatic heterocycles. The predicted molar refractivity (Wildman–Crippen MR) is 74.7 cm³/mol. The summed E-state index contributed by atoms with van der Waals surface area (Å²) in [6.45, 7) is 0.904. The van der Waals surface area contributed by atoms with E-state index in [0.29, 0.717) is 23.7 Å². The maximum Gasteiger partial charge on any atom is 0.291 e. The molecule has 110 valence electrons. The molecule has 0 atom stereocenters. The topological polar surface area (TPSA) is 66.9 Å². The molecule has 21 heavy (non-hydrogen) atoms. The predicted octanol–water partition coefficient (Wildman–Crippen LogP) is 2.37. The number of nitrogens with one attached hydrogen (secondary N) is 2. The summed E-state index contributed by atoms with van der Waals surface area (Å²) in [6.07, 6.45) is -1.85. The van der Waals surface area contributed by atoms with Crippen LogP contribution in [0.4, 0.5) is 14.5 Å². The van der Waals surface area contributed by atoms with Gasteiger partial charge in [-0.25, -0.2) is 8.78 Å². The third kappa shape index (κ3) is 2.85. The first-order valence-electron chi connectivity index (χ1n) is 6.39. The van der Waals surface area contributed by atoms with Gasteiger partial charge in [0.05, 0.1) is 6.54 Å². The standard InChI is InChI=1S/C13H12F2N4OS/c14-11(15)13-19-18-10(21-13)6-17-9-3-1-2-8-7(9)4-5-16-12(8)20/h1-3,11,17H,4-6H2,(H,16,20). The molecular formula is C13H12F2N4OS. The highest BCUT2D eigenvalue weighted by atomic mass is 32.1. The molecule has 3 rings (SSSR count). The van der Waals surface area contributed by atoms with E-state index in [1.165, 1.54) is 0 Å². The molecule has 0 aliphatic carbocycles. The zero-order chi connectivity index (χ0) is 14.8. The molecule has 2 aromatic rings. The Kier molecular flexibility index (Phi) is 3.78. The lowest BCUT2D eigenvalue weighted by Gasteiger charge is -2.20. The maximum atomic E-state index is 12.5. The fourth-order valence-corrected chi connectivity index (χ4v) is 2.87. The fraction of sp³-hybridized carbons (Fsp3) is 0.308. The Morgan fingerprint density at radius 1 is 1.38 bits per heavy atom.